The Hall–Kier alpha value is -2.57. The molecule has 1 aliphatic heterocycles. The molecule has 1 aromatic heterocycles. The molecule has 0 saturated carbocycles. The lowest BCUT2D eigenvalue weighted by molar-refractivity contribution is 0.0353. The van der Waals surface area contributed by atoms with E-state index in [1.165, 1.54) is 4.90 Å². The molecule has 0 radical (unpaired) electrons. The Kier molecular flexibility index (Phi) is 3.94. The Morgan fingerprint density at radius 2 is 2.13 bits per heavy atom. The molecule has 3 rings (SSSR count). The molecule has 122 valence electrons. The molecule has 0 unspecified atom stereocenters. The summed E-state index contributed by atoms with van der Waals surface area (Å²) in [6.45, 7) is 5.12. The molecule has 1 saturated heterocycles. The molecule has 7 heteroatoms. The number of nitrogens with one attached hydrogen (secondary N) is 1. The van der Waals surface area contributed by atoms with Gasteiger partial charge >= 0.3 is 6.09 Å². The number of H-pyrrole nitrogens is 1. The van der Waals surface area contributed by atoms with Crippen LogP contribution in [0.3, 0.4) is 0 Å². The van der Waals surface area contributed by atoms with Gasteiger partial charge in [0, 0.05) is 25.2 Å². The van der Waals surface area contributed by atoms with Gasteiger partial charge in [-0.3, -0.25) is 4.79 Å². The molecule has 1 aliphatic rings. The first-order valence-corrected chi connectivity index (χ1v) is 7.69. The average molecular weight is 316 g/mol. The van der Waals surface area contributed by atoms with Gasteiger partial charge in [-0.25, -0.2) is 9.78 Å². The Labute approximate surface area is 133 Å². The second-order valence-electron chi connectivity index (χ2n) is 6.17. The Balaban J connectivity index is 1.86. The molecule has 23 heavy (non-hydrogen) atoms. The third-order valence-electron chi connectivity index (χ3n) is 4.39. The number of carbonyl (C=O) groups excluding carboxylic acids is 1. The predicted octanol–water partition coefficient (Wildman–Crippen LogP) is 2.02. The average Bonchev–Trinajstić information content (AvgIpc) is 3.00. The van der Waals surface area contributed by atoms with Crippen molar-refractivity contribution in [1.29, 1.82) is 0 Å². The summed E-state index contributed by atoms with van der Waals surface area (Å²) in [4.78, 5) is 34.4. The molecule has 2 heterocycles. The highest BCUT2D eigenvalue weighted by Gasteiger charge is 2.34. The maximum absolute atomic E-state index is 12.9. The molecule has 1 fully saturated rings. The summed E-state index contributed by atoms with van der Waals surface area (Å²) >= 11 is 0. The van der Waals surface area contributed by atoms with E-state index in [-0.39, 0.29) is 17.9 Å². The van der Waals surface area contributed by atoms with Gasteiger partial charge in [-0.2, -0.15) is 0 Å². The van der Waals surface area contributed by atoms with Crippen molar-refractivity contribution in [2.24, 2.45) is 5.92 Å². The normalized spacial score (nSPS) is 18.7. The van der Waals surface area contributed by atoms with Gasteiger partial charge in [-0.1, -0.05) is 13.8 Å². The van der Waals surface area contributed by atoms with Crippen molar-refractivity contribution in [2.45, 2.75) is 19.9 Å². The van der Waals surface area contributed by atoms with Gasteiger partial charge in [0.15, 0.2) is 0 Å². The fourth-order valence-electron chi connectivity index (χ4n) is 3.04. The summed E-state index contributed by atoms with van der Waals surface area (Å²) < 4.78 is 0. The van der Waals surface area contributed by atoms with Crippen molar-refractivity contribution in [3.05, 3.63) is 30.1 Å². The van der Waals surface area contributed by atoms with Crippen molar-refractivity contribution in [1.82, 2.24) is 19.8 Å². The topological polar surface area (TPSA) is 89.5 Å². The van der Waals surface area contributed by atoms with Crippen molar-refractivity contribution >= 4 is 23.0 Å². The number of aromatic amines is 1. The van der Waals surface area contributed by atoms with Crippen LogP contribution in [0.5, 0.6) is 0 Å². The molecule has 0 spiro atoms. The van der Waals surface area contributed by atoms with E-state index >= 15 is 0 Å². The van der Waals surface area contributed by atoms with Crippen molar-refractivity contribution in [2.75, 3.05) is 19.6 Å². The molecule has 1 aromatic carbocycles. The first kappa shape index (κ1) is 15.3. The number of amides is 2. The zero-order chi connectivity index (χ0) is 16.6. The molecule has 0 aliphatic carbocycles. The van der Waals surface area contributed by atoms with Crippen LogP contribution < -0.4 is 0 Å². The van der Waals surface area contributed by atoms with E-state index in [1.807, 2.05) is 19.9 Å². The minimum atomic E-state index is -0.929. The number of hydrogen-bond donors (Lipinski definition) is 2. The number of piperazine rings is 1. The maximum Gasteiger partial charge on any atom is 0.407 e. The van der Waals surface area contributed by atoms with Crippen molar-refractivity contribution in [3.8, 4) is 0 Å². The van der Waals surface area contributed by atoms with Crippen LogP contribution in [0.2, 0.25) is 0 Å². The monoisotopic (exact) mass is 316 g/mol. The van der Waals surface area contributed by atoms with E-state index in [0.29, 0.717) is 25.2 Å². The van der Waals surface area contributed by atoms with Gasteiger partial charge in [-0.05, 0) is 24.1 Å². The largest absolute Gasteiger partial charge is 0.465 e. The minimum absolute atomic E-state index is 0.0646. The first-order valence-electron chi connectivity index (χ1n) is 7.69. The van der Waals surface area contributed by atoms with Crippen LogP contribution >= 0.6 is 0 Å². The van der Waals surface area contributed by atoms with Crippen LogP contribution in [0.15, 0.2) is 24.5 Å². The highest BCUT2D eigenvalue weighted by atomic mass is 16.4. The first-order chi connectivity index (χ1) is 11.0. The van der Waals surface area contributed by atoms with Gasteiger partial charge in [0.2, 0.25) is 0 Å². The number of imidazole rings is 1. The third-order valence-corrected chi connectivity index (χ3v) is 4.39. The van der Waals surface area contributed by atoms with E-state index in [1.54, 1.807) is 23.4 Å². The lowest BCUT2D eigenvalue weighted by atomic mass is 9.98. The van der Waals surface area contributed by atoms with Gasteiger partial charge < -0.3 is 19.9 Å². The zero-order valence-electron chi connectivity index (χ0n) is 13.2. The Morgan fingerprint density at radius 1 is 1.35 bits per heavy atom. The second-order valence-corrected chi connectivity index (χ2v) is 6.17. The van der Waals surface area contributed by atoms with Gasteiger partial charge in [-0.15, -0.1) is 0 Å². The van der Waals surface area contributed by atoms with Crippen LogP contribution in [0, 0.1) is 5.92 Å². The summed E-state index contributed by atoms with van der Waals surface area (Å²) in [5.41, 5.74) is 2.23. The van der Waals surface area contributed by atoms with Crippen LogP contribution in [0.1, 0.15) is 24.2 Å². The van der Waals surface area contributed by atoms with Gasteiger partial charge in [0.25, 0.3) is 5.91 Å². The molecular formula is C16H20N4O3. The summed E-state index contributed by atoms with van der Waals surface area (Å²) in [7, 11) is 0. The Morgan fingerprint density at radius 3 is 2.83 bits per heavy atom. The second kappa shape index (κ2) is 5.91. The summed E-state index contributed by atoms with van der Waals surface area (Å²) in [5.74, 6) is 0.113. The molecule has 2 amide bonds. The minimum Gasteiger partial charge on any atom is -0.465 e. The van der Waals surface area contributed by atoms with E-state index in [2.05, 4.69) is 9.97 Å². The summed E-state index contributed by atoms with van der Waals surface area (Å²) in [5, 5.41) is 9.19. The molecule has 2 aromatic rings. The van der Waals surface area contributed by atoms with Crippen LogP contribution in [-0.4, -0.2) is 62.6 Å². The third kappa shape index (κ3) is 2.86. The van der Waals surface area contributed by atoms with Crippen molar-refractivity contribution < 1.29 is 14.7 Å². The summed E-state index contributed by atoms with van der Waals surface area (Å²) in [6, 6.07) is 5.26. The number of hydrogen-bond acceptors (Lipinski definition) is 3. The predicted molar refractivity (Wildman–Crippen MR) is 85.4 cm³/mol. The molecule has 7 nitrogen and oxygen atoms in total. The number of rotatable bonds is 2. The Bertz CT molecular complexity index is 740. The smallest absolute Gasteiger partial charge is 0.407 e. The number of carboxylic acid groups (broad SMARTS) is 1. The lowest BCUT2D eigenvalue weighted by Gasteiger charge is -2.42. The quantitative estimate of drug-likeness (QED) is 0.887. The van der Waals surface area contributed by atoms with E-state index in [0.717, 1.165) is 11.0 Å². The standard InChI is InChI=1S/C16H20N4O3/c1-10(2)14-8-19(16(22)23)5-6-20(14)15(21)11-3-4-12-13(7-11)18-9-17-12/h3-4,7,9-10,14H,5-6,8H2,1-2H3,(H,17,18)(H,22,23)/t14-/m1/s1. The summed E-state index contributed by atoms with van der Waals surface area (Å²) in [6.07, 6.45) is 0.670. The number of carbonyl (C=O) groups is 2. The van der Waals surface area contributed by atoms with E-state index in [4.69, 9.17) is 0 Å². The highest BCUT2D eigenvalue weighted by molar-refractivity contribution is 5.97. The number of fused-ring (bicyclic) bond motifs is 1. The zero-order valence-corrected chi connectivity index (χ0v) is 13.2. The number of aromatic nitrogens is 2. The molecule has 1 atom stereocenters. The van der Waals surface area contributed by atoms with Crippen molar-refractivity contribution in [3.63, 3.8) is 0 Å². The van der Waals surface area contributed by atoms with Crippen LogP contribution in [0.4, 0.5) is 4.79 Å². The number of benzene rings is 1. The highest BCUT2D eigenvalue weighted by Crippen LogP contribution is 2.21. The van der Waals surface area contributed by atoms with Gasteiger partial charge in [0.05, 0.1) is 23.4 Å². The SMILES string of the molecule is CC(C)[C@H]1CN(C(=O)O)CCN1C(=O)c1ccc2nc[nH]c2c1. The molecule has 0 bridgehead atoms. The lowest BCUT2D eigenvalue weighted by Crippen LogP contribution is -2.58. The van der Waals surface area contributed by atoms with Gasteiger partial charge in [0.1, 0.15) is 0 Å². The molecular weight excluding hydrogens is 296 g/mol. The van der Waals surface area contributed by atoms with E-state index in [9.17, 15) is 14.7 Å². The number of nitrogens with zero attached hydrogens (tertiary/aromatic N) is 3. The fourth-order valence-corrected chi connectivity index (χ4v) is 3.04. The molecule has 2 N–H and O–H groups in total. The van der Waals surface area contributed by atoms with Crippen LogP contribution in [0.25, 0.3) is 11.0 Å². The maximum atomic E-state index is 12.9. The van der Waals surface area contributed by atoms with Crippen LogP contribution in [-0.2, 0) is 0 Å². The van der Waals surface area contributed by atoms with E-state index < -0.39 is 6.09 Å². The fraction of sp³-hybridized carbons (Fsp3) is 0.438.